The van der Waals surface area contributed by atoms with Crippen molar-refractivity contribution in [2.24, 2.45) is 0 Å². The second-order valence-electron chi connectivity index (χ2n) is 13.8. The van der Waals surface area contributed by atoms with Gasteiger partial charge in [-0.1, -0.05) is 155 Å². The van der Waals surface area contributed by atoms with Gasteiger partial charge in [-0.05, 0) is 61.1 Å². The van der Waals surface area contributed by atoms with E-state index in [0.29, 0.717) is 12.1 Å². The van der Waals surface area contributed by atoms with Gasteiger partial charge in [0.1, 0.15) is 0 Å². The van der Waals surface area contributed by atoms with Crippen LogP contribution < -0.4 is 0 Å². The average Bonchev–Trinajstić information content (AvgIpc) is 4.07. The van der Waals surface area contributed by atoms with Crippen LogP contribution in [0.25, 0.3) is 0 Å². The van der Waals surface area contributed by atoms with Gasteiger partial charge < -0.3 is 0 Å². The molecule has 2 aliphatic heterocycles. The van der Waals surface area contributed by atoms with Crippen LogP contribution in [0.2, 0.25) is 0 Å². The van der Waals surface area contributed by atoms with Gasteiger partial charge in [-0.15, -0.1) is 0 Å². The molecule has 48 heavy (non-hydrogen) atoms. The molecule has 4 fully saturated rings. The highest BCUT2D eigenvalue weighted by Gasteiger charge is 2.57. The number of rotatable bonds is 8. The first-order chi connectivity index (χ1) is 23.5. The molecule has 0 spiro atoms. The highest BCUT2D eigenvalue weighted by atomic mass is 79.9. The van der Waals surface area contributed by atoms with Crippen LogP contribution in [-0.2, 0) is 0 Å². The SMILES string of the molecule is O=C(c1ccc(Br)cc1)C1C(c2ccccc2)N1C1CCCCC1.O=C(c1ccc(Br)cc1)C1C(c2ccccc2)N1C1CCCCC1. The van der Waals surface area contributed by atoms with Crippen LogP contribution in [0.5, 0.6) is 0 Å². The van der Waals surface area contributed by atoms with Crippen LogP contribution in [0.15, 0.2) is 118 Å². The normalized spacial score (nSPS) is 27.0. The van der Waals surface area contributed by atoms with Crippen LogP contribution in [0.3, 0.4) is 0 Å². The zero-order valence-electron chi connectivity index (χ0n) is 27.4. The van der Waals surface area contributed by atoms with E-state index in [1.165, 1.54) is 75.3 Å². The molecule has 4 aliphatic rings. The van der Waals surface area contributed by atoms with Gasteiger partial charge in [0.25, 0.3) is 0 Å². The fourth-order valence-corrected chi connectivity index (χ4v) is 8.83. The molecule has 8 rings (SSSR count). The molecule has 2 saturated heterocycles. The van der Waals surface area contributed by atoms with E-state index in [0.717, 1.165) is 20.1 Å². The number of nitrogens with zero attached hydrogens (tertiary/aromatic N) is 2. The van der Waals surface area contributed by atoms with Crippen LogP contribution in [0, 0.1) is 0 Å². The van der Waals surface area contributed by atoms with E-state index in [1.807, 2.05) is 60.7 Å². The summed E-state index contributed by atoms with van der Waals surface area (Å²) >= 11 is 6.90. The number of hydrogen-bond donors (Lipinski definition) is 0. The molecule has 248 valence electrons. The van der Waals surface area contributed by atoms with Crippen molar-refractivity contribution in [2.75, 3.05) is 0 Å². The number of carbonyl (C=O) groups excluding carboxylic acids is 2. The Labute approximate surface area is 302 Å². The molecule has 2 saturated carbocycles. The van der Waals surface area contributed by atoms with Gasteiger partial charge in [0.15, 0.2) is 11.6 Å². The molecule has 6 heteroatoms. The van der Waals surface area contributed by atoms with Crippen molar-refractivity contribution in [2.45, 2.75) is 100 Å². The molecule has 6 atom stereocenters. The van der Waals surface area contributed by atoms with Crippen molar-refractivity contribution in [1.29, 1.82) is 0 Å². The van der Waals surface area contributed by atoms with Crippen LogP contribution in [0.1, 0.15) is 108 Å². The summed E-state index contributed by atoms with van der Waals surface area (Å²) in [6.07, 6.45) is 12.8. The summed E-state index contributed by atoms with van der Waals surface area (Å²) in [5.41, 5.74) is 4.20. The van der Waals surface area contributed by atoms with Gasteiger partial charge in [-0.25, -0.2) is 0 Å². The standard InChI is InChI=1S/2C21H22BrNO/c2*22-17-13-11-16(12-14-17)21(24)20-19(15-7-3-1-4-8-15)23(20)18-9-5-2-6-10-18/h2*1,3-4,7-8,11-14,18-20H,2,5-6,9-10H2. The van der Waals surface area contributed by atoms with Crippen LogP contribution in [0.4, 0.5) is 0 Å². The second-order valence-corrected chi connectivity index (χ2v) is 15.7. The average molecular weight is 769 g/mol. The van der Waals surface area contributed by atoms with Gasteiger partial charge in [-0.2, -0.15) is 0 Å². The van der Waals surface area contributed by atoms with Crippen molar-refractivity contribution in [3.05, 3.63) is 140 Å². The highest BCUT2D eigenvalue weighted by Crippen LogP contribution is 2.50. The summed E-state index contributed by atoms with van der Waals surface area (Å²) in [4.78, 5) is 31.1. The third-order valence-electron chi connectivity index (χ3n) is 10.8. The number of hydrogen-bond acceptors (Lipinski definition) is 4. The number of ketones is 2. The maximum atomic E-state index is 13.1. The molecular weight excluding hydrogens is 724 g/mol. The lowest BCUT2D eigenvalue weighted by atomic mass is 9.95. The third kappa shape index (κ3) is 7.47. The Balaban J connectivity index is 0.000000152. The fraction of sp³-hybridized carbons (Fsp3) is 0.381. The lowest BCUT2D eigenvalue weighted by Gasteiger charge is -2.24. The first-order valence-corrected chi connectivity index (χ1v) is 19.3. The van der Waals surface area contributed by atoms with E-state index < -0.39 is 0 Å². The number of halogens is 2. The van der Waals surface area contributed by atoms with Crippen molar-refractivity contribution < 1.29 is 9.59 Å². The molecule has 0 amide bonds. The Bertz CT molecular complexity index is 1540. The molecule has 6 unspecified atom stereocenters. The maximum Gasteiger partial charge on any atom is 0.181 e. The highest BCUT2D eigenvalue weighted by molar-refractivity contribution is 9.10. The minimum Gasteiger partial charge on any atom is -0.292 e. The fourth-order valence-electron chi connectivity index (χ4n) is 8.30. The summed E-state index contributed by atoms with van der Waals surface area (Å²) in [6.45, 7) is 0. The van der Waals surface area contributed by atoms with Crippen LogP contribution in [-0.4, -0.2) is 45.5 Å². The predicted octanol–water partition coefficient (Wildman–Crippen LogP) is 10.8. The van der Waals surface area contributed by atoms with E-state index >= 15 is 0 Å². The molecule has 0 radical (unpaired) electrons. The molecular formula is C42H44Br2N2O2. The van der Waals surface area contributed by atoms with E-state index in [1.54, 1.807) is 0 Å². The first-order valence-electron chi connectivity index (χ1n) is 17.8. The van der Waals surface area contributed by atoms with Gasteiger partial charge in [0, 0.05) is 32.2 Å². The Morgan fingerprint density at radius 1 is 0.458 bits per heavy atom. The third-order valence-corrected chi connectivity index (χ3v) is 11.8. The second kappa shape index (κ2) is 15.3. The zero-order chi connectivity index (χ0) is 33.0. The molecule has 4 aromatic carbocycles. The van der Waals surface area contributed by atoms with Gasteiger partial charge in [0.2, 0.25) is 0 Å². The quantitative estimate of drug-likeness (QED) is 0.132. The summed E-state index contributed by atoms with van der Waals surface area (Å²) in [7, 11) is 0. The molecule has 2 aliphatic carbocycles. The summed E-state index contributed by atoms with van der Waals surface area (Å²) in [5, 5.41) is 0. The molecule has 2 heterocycles. The van der Waals surface area contributed by atoms with Crippen molar-refractivity contribution in [3.8, 4) is 0 Å². The predicted molar refractivity (Wildman–Crippen MR) is 200 cm³/mol. The number of carbonyl (C=O) groups is 2. The lowest BCUT2D eigenvalue weighted by molar-refractivity contribution is 0.0955. The minimum absolute atomic E-state index is 0.0108. The van der Waals surface area contributed by atoms with E-state index in [2.05, 4.69) is 90.2 Å². The minimum atomic E-state index is 0.0108. The lowest BCUT2D eigenvalue weighted by Crippen LogP contribution is -2.26. The zero-order valence-corrected chi connectivity index (χ0v) is 30.6. The Morgan fingerprint density at radius 3 is 1.12 bits per heavy atom. The monoisotopic (exact) mass is 766 g/mol. The molecule has 4 nitrogen and oxygen atoms in total. The van der Waals surface area contributed by atoms with E-state index in [-0.39, 0.29) is 35.7 Å². The molecule has 4 aromatic rings. The molecule has 0 aromatic heterocycles. The molecule has 0 N–H and O–H groups in total. The number of benzene rings is 4. The largest absolute Gasteiger partial charge is 0.292 e. The maximum absolute atomic E-state index is 13.1. The van der Waals surface area contributed by atoms with E-state index in [4.69, 9.17) is 0 Å². The van der Waals surface area contributed by atoms with Gasteiger partial charge >= 0.3 is 0 Å². The summed E-state index contributed by atoms with van der Waals surface area (Å²) < 4.78 is 2.03. The van der Waals surface area contributed by atoms with Gasteiger partial charge in [-0.3, -0.25) is 19.4 Å². The van der Waals surface area contributed by atoms with Crippen LogP contribution >= 0.6 is 31.9 Å². The molecule has 0 bridgehead atoms. The smallest absolute Gasteiger partial charge is 0.181 e. The topological polar surface area (TPSA) is 40.2 Å². The van der Waals surface area contributed by atoms with Gasteiger partial charge in [0.05, 0.1) is 24.2 Å². The Kier molecular flexibility index (Phi) is 10.7. The summed E-state index contributed by atoms with van der Waals surface area (Å²) in [6, 6.07) is 38.3. The number of Topliss-reactive ketones (excluding diaryl/α,β-unsaturated/α-hetero) is 2. The van der Waals surface area contributed by atoms with Crippen molar-refractivity contribution in [3.63, 3.8) is 0 Å². The summed E-state index contributed by atoms with van der Waals surface area (Å²) in [5.74, 6) is 0.531. The van der Waals surface area contributed by atoms with Crippen molar-refractivity contribution >= 4 is 43.4 Å². The Morgan fingerprint density at radius 2 is 0.792 bits per heavy atom. The van der Waals surface area contributed by atoms with Crippen molar-refractivity contribution in [1.82, 2.24) is 9.80 Å². The van der Waals surface area contributed by atoms with E-state index in [9.17, 15) is 9.59 Å². The Hall–Kier alpha value is -2.90. The first kappa shape index (κ1) is 33.6.